The number of thiocarbonyl (C=S) groups is 1. The molecule has 0 spiro atoms. The Labute approximate surface area is 158 Å². The van der Waals surface area contributed by atoms with Gasteiger partial charge in [0.05, 0.1) is 5.69 Å². The average Bonchev–Trinajstić information content (AvgIpc) is 3.06. The maximum Gasteiger partial charge on any atom is 0.270 e. The van der Waals surface area contributed by atoms with Crippen molar-refractivity contribution in [1.29, 1.82) is 0 Å². The summed E-state index contributed by atoms with van der Waals surface area (Å²) < 4.78 is 10.6. The van der Waals surface area contributed by atoms with Gasteiger partial charge in [0.25, 0.3) is 11.8 Å². The summed E-state index contributed by atoms with van der Waals surface area (Å²) >= 11 is 11.2. The summed E-state index contributed by atoms with van der Waals surface area (Å²) in [5.74, 6) is 0.0909. The molecule has 2 aromatic carbocycles. The number of fused-ring (bicyclic) bond motifs is 1. The van der Waals surface area contributed by atoms with Crippen molar-refractivity contribution in [2.75, 3.05) is 11.7 Å². The third kappa shape index (κ3) is 2.91. The molecule has 0 aromatic heterocycles. The lowest BCUT2D eigenvalue weighted by Crippen LogP contribution is -2.54. The van der Waals surface area contributed by atoms with E-state index in [0.717, 1.165) is 0 Å². The molecule has 0 atom stereocenters. The van der Waals surface area contributed by atoms with Crippen LogP contribution in [0.5, 0.6) is 11.5 Å². The van der Waals surface area contributed by atoms with Crippen molar-refractivity contribution in [3.8, 4) is 11.5 Å². The van der Waals surface area contributed by atoms with Crippen LogP contribution in [0.1, 0.15) is 5.56 Å². The van der Waals surface area contributed by atoms with E-state index in [2.05, 4.69) is 5.32 Å². The van der Waals surface area contributed by atoms with E-state index in [1.165, 1.54) is 11.0 Å². The molecule has 1 N–H and O–H groups in total. The van der Waals surface area contributed by atoms with Crippen molar-refractivity contribution in [2.45, 2.75) is 0 Å². The first-order valence-electron chi connectivity index (χ1n) is 7.59. The molecule has 0 radical (unpaired) electrons. The van der Waals surface area contributed by atoms with Crippen LogP contribution < -0.4 is 19.7 Å². The number of hydrogen-bond acceptors (Lipinski definition) is 5. The van der Waals surface area contributed by atoms with E-state index < -0.39 is 11.8 Å². The number of anilines is 1. The zero-order chi connectivity index (χ0) is 18.3. The summed E-state index contributed by atoms with van der Waals surface area (Å²) in [5.41, 5.74) is 1.06. The van der Waals surface area contributed by atoms with Crippen LogP contribution in [0.25, 0.3) is 6.08 Å². The molecule has 1 saturated heterocycles. The standard InChI is InChI=1S/C18H11ClN2O4S/c19-11-2-1-3-12(8-11)21-17(23)13(16(22)20-18(21)26)6-10-4-5-14-15(7-10)25-9-24-14/h1-8H,9H2,(H,20,22,26)/b13-6+. The molecule has 1 fully saturated rings. The summed E-state index contributed by atoms with van der Waals surface area (Å²) in [6, 6.07) is 11.8. The number of carbonyl (C=O) groups is 2. The molecule has 2 aliphatic rings. The van der Waals surface area contributed by atoms with E-state index in [1.807, 2.05) is 0 Å². The van der Waals surface area contributed by atoms with Gasteiger partial charge < -0.3 is 9.47 Å². The Balaban J connectivity index is 1.72. The van der Waals surface area contributed by atoms with Crippen LogP contribution in [0.3, 0.4) is 0 Å². The van der Waals surface area contributed by atoms with Gasteiger partial charge in [0.15, 0.2) is 16.6 Å². The van der Waals surface area contributed by atoms with Gasteiger partial charge in [-0.2, -0.15) is 0 Å². The van der Waals surface area contributed by atoms with Gasteiger partial charge in [0.1, 0.15) is 5.57 Å². The number of rotatable bonds is 2. The molecule has 6 nitrogen and oxygen atoms in total. The highest BCUT2D eigenvalue weighted by molar-refractivity contribution is 7.80. The van der Waals surface area contributed by atoms with E-state index in [1.54, 1.807) is 42.5 Å². The highest BCUT2D eigenvalue weighted by Gasteiger charge is 2.34. The molecule has 0 saturated carbocycles. The molecule has 26 heavy (non-hydrogen) atoms. The van der Waals surface area contributed by atoms with Gasteiger partial charge in [-0.1, -0.05) is 23.7 Å². The van der Waals surface area contributed by atoms with Gasteiger partial charge in [0, 0.05) is 5.02 Å². The number of nitrogens with one attached hydrogen (secondary N) is 1. The van der Waals surface area contributed by atoms with Gasteiger partial charge >= 0.3 is 0 Å². The smallest absolute Gasteiger partial charge is 0.270 e. The number of halogens is 1. The lowest BCUT2D eigenvalue weighted by atomic mass is 10.1. The maximum atomic E-state index is 12.9. The molecular formula is C18H11ClN2O4S. The molecular weight excluding hydrogens is 376 g/mol. The second-order valence-electron chi connectivity index (χ2n) is 5.55. The van der Waals surface area contributed by atoms with Crippen LogP contribution in [0.2, 0.25) is 5.02 Å². The van der Waals surface area contributed by atoms with Gasteiger partial charge in [-0.15, -0.1) is 0 Å². The molecule has 2 heterocycles. The maximum absolute atomic E-state index is 12.9. The molecule has 4 rings (SSSR count). The number of benzene rings is 2. The lowest BCUT2D eigenvalue weighted by molar-refractivity contribution is -0.122. The SMILES string of the molecule is O=C1NC(=S)N(c2cccc(Cl)c2)C(=O)/C1=C/c1ccc2c(c1)OCO2. The highest BCUT2D eigenvalue weighted by Crippen LogP contribution is 2.33. The first-order valence-corrected chi connectivity index (χ1v) is 8.38. The van der Waals surface area contributed by atoms with Crippen molar-refractivity contribution in [3.63, 3.8) is 0 Å². The largest absolute Gasteiger partial charge is 0.454 e. The van der Waals surface area contributed by atoms with Crippen LogP contribution in [0, 0.1) is 0 Å². The first kappa shape index (κ1) is 16.6. The van der Waals surface area contributed by atoms with Crippen molar-refractivity contribution in [2.24, 2.45) is 0 Å². The van der Waals surface area contributed by atoms with E-state index in [-0.39, 0.29) is 17.5 Å². The molecule has 2 aliphatic heterocycles. The quantitative estimate of drug-likeness (QED) is 0.488. The highest BCUT2D eigenvalue weighted by atomic mass is 35.5. The summed E-state index contributed by atoms with van der Waals surface area (Å²) in [5, 5.41) is 2.99. The normalized spacial score (nSPS) is 17.7. The Morgan fingerprint density at radius 3 is 2.73 bits per heavy atom. The second-order valence-corrected chi connectivity index (χ2v) is 6.37. The Kier molecular flexibility index (Phi) is 4.10. The number of amides is 2. The second kappa shape index (κ2) is 6.44. The minimum Gasteiger partial charge on any atom is -0.454 e. The average molecular weight is 387 g/mol. The zero-order valence-corrected chi connectivity index (χ0v) is 14.8. The summed E-state index contributed by atoms with van der Waals surface area (Å²) in [6.45, 7) is 0.144. The number of nitrogens with zero attached hydrogens (tertiary/aromatic N) is 1. The zero-order valence-electron chi connectivity index (χ0n) is 13.2. The fraction of sp³-hybridized carbons (Fsp3) is 0.0556. The fourth-order valence-corrected chi connectivity index (χ4v) is 3.14. The molecule has 0 unspecified atom stereocenters. The van der Waals surface area contributed by atoms with Gasteiger partial charge in [-0.05, 0) is 54.2 Å². The molecule has 8 heteroatoms. The fourth-order valence-electron chi connectivity index (χ4n) is 2.68. The Hall–Kier alpha value is -2.90. The molecule has 2 amide bonds. The van der Waals surface area contributed by atoms with Gasteiger partial charge in [-0.3, -0.25) is 19.8 Å². The third-order valence-corrected chi connectivity index (χ3v) is 4.40. The molecule has 2 aromatic rings. The first-order chi connectivity index (χ1) is 12.5. The van der Waals surface area contributed by atoms with Crippen molar-refractivity contribution in [3.05, 3.63) is 58.6 Å². The van der Waals surface area contributed by atoms with E-state index in [4.69, 9.17) is 33.3 Å². The topological polar surface area (TPSA) is 67.9 Å². The van der Waals surface area contributed by atoms with Gasteiger partial charge in [-0.25, -0.2) is 0 Å². The van der Waals surface area contributed by atoms with Gasteiger partial charge in [0.2, 0.25) is 6.79 Å². The van der Waals surface area contributed by atoms with Crippen LogP contribution in [0.15, 0.2) is 48.0 Å². The summed E-state index contributed by atoms with van der Waals surface area (Å²) in [4.78, 5) is 26.4. The number of ether oxygens (including phenoxy) is 2. The Morgan fingerprint density at radius 2 is 1.92 bits per heavy atom. The minimum absolute atomic E-state index is 0.00473. The van der Waals surface area contributed by atoms with Crippen LogP contribution >= 0.6 is 23.8 Å². The summed E-state index contributed by atoms with van der Waals surface area (Å²) in [6.07, 6.45) is 1.49. The molecule has 0 bridgehead atoms. The summed E-state index contributed by atoms with van der Waals surface area (Å²) in [7, 11) is 0. The Bertz CT molecular complexity index is 989. The van der Waals surface area contributed by atoms with Crippen LogP contribution in [0.4, 0.5) is 5.69 Å². The molecule has 0 aliphatic carbocycles. The van der Waals surface area contributed by atoms with Crippen molar-refractivity contribution >= 4 is 52.5 Å². The Morgan fingerprint density at radius 1 is 1.12 bits per heavy atom. The third-order valence-electron chi connectivity index (χ3n) is 3.88. The number of carbonyl (C=O) groups excluding carboxylic acids is 2. The predicted molar refractivity (Wildman–Crippen MR) is 100 cm³/mol. The monoisotopic (exact) mass is 386 g/mol. The van der Waals surface area contributed by atoms with Crippen molar-refractivity contribution in [1.82, 2.24) is 5.32 Å². The lowest BCUT2D eigenvalue weighted by Gasteiger charge is -2.29. The van der Waals surface area contributed by atoms with Crippen LogP contribution in [-0.2, 0) is 9.59 Å². The number of hydrogen-bond donors (Lipinski definition) is 1. The van der Waals surface area contributed by atoms with Crippen molar-refractivity contribution < 1.29 is 19.1 Å². The van der Waals surface area contributed by atoms with E-state index >= 15 is 0 Å². The van der Waals surface area contributed by atoms with Crippen LogP contribution in [-0.4, -0.2) is 23.7 Å². The van der Waals surface area contributed by atoms with E-state index in [0.29, 0.717) is 27.8 Å². The molecule has 130 valence electrons. The predicted octanol–water partition coefficient (Wildman–Crippen LogP) is 2.90. The van der Waals surface area contributed by atoms with E-state index in [9.17, 15) is 9.59 Å². The minimum atomic E-state index is -0.559.